The van der Waals surface area contributed by atoms with Crippen LogP contribution in [0.5, 0.6) is 0 Å². The minimum atomic E-state index is -0.909. The van der Waals surface area contributed by atoms with E-state index in [0.29, 0.717) is 5.56 Å². The number of carboxylic acids is 1. The average molecular weight is 300 g/mol. The number of thiophene rings is 1. The molecule has 2 heterocycles. The van der Waals surface area contributed by atoms with Gasteiger partial charge in [-0.3, -0.25) is 0 Å². The van der Waals surface area contributed by atoms with E-state index in [1.54, 1.807) is 29.5 Å². The number of fused-ring (bicyclic) bond motifs is 1. The summed E-state index contributed by atoms with van der Waals surface area (Å²) in [5, 5.41) is 13.4. The van der Waals surface area contributed by atoms with Crippen LogP contribution in [0.4, 0.5) is 0 Å². The molecule has 108 valence electrons. The van der Waals surface area contributed by atoms with Gasteiger partial charge in [0, 0.05) is 6.04 Å². The van der Waals surface area contributed by atoms with E-state index in [9.17, 15) is 4.79 Å². The van der Waals surface area contributed by atoms with Crippen LogP contribution in [-0.4, -0.2) is 20.6 Å². The molecule has 2 aromatic heterocycles. The van der Waals surface area contributed by atoms with Gasteiger partial charge < -0.3 is 9.67 Å². The minimum absolute atomic E-state index is 0.230. The second-order valence-corrected chi connectivity index (χ2v) is 6.00. The van der Waals surface area contributed by atoms with Crippen LogP contribution < -0.4 is 0 Å². The minimum Gasteiger partial charge on any atom is -0.478 e. The van der Waals surface area contributed by atoms with Crippen molar-refractivity contribution >= 4 is 28.3 Å². The van der Waals surface area contributed by atoms with Crippen LogP contribution in [-0.2, 0) is 6.42 Å². The number of aromatic nitrogens is 2. The summed E-state index contributed by atoms with van der Waals surface area (Å²) >= 11 is 1.69. The molecule has 4 nitrogen and oxygen atoms in total. The van der Waals surface area contributed by atoms with Crippen molar-refractivity contribution in [3.8, 4) is 0 Å². The summed E-state index contributed by atoms with van der Waals surface area (Å²) in [5.41, 5.74) is 3.32. The van der Waals surface area contributed by atoms with E-state index in [2.05, 4.69) is 33.3 Å². The Morgan fingerprint density at radius 2 is 2.24 bits per heavy atom. The normalized spacial score (nSPS) is 12.7. The lowest BCUT2D eigenvalue weighted by atomic mass is 10.1. The van der Waals surface area contributed by atoms with Crippen molar-refractivity contribution in [1.29, 1.82) is 0 Å². The summed E-state index contributed by atoms with van der Waals surface area (Å²) in [5.74, 6) is 0.00283. The first-order valence-electron chi connectivity index (χ1n) is 6.79. The van der Waals surface area contributed by atoms with E-state index in [1.807, 2.05) is 6.92 Å². The summed E-state index contributed by atoms with van der Waals surface area (Å²) in [7, 11) is 0. The van der Waals surface area contributed by atoms with Gasteiger partial charge in [-0.1, -0.05) is 0 Å². The molecule has 0 saturated heterocycles. The van der Waals surface area contributed by atoms with E-state index < -0.39 is 5.97 Å². The van der Waals surface area contributed by atoms with E-state index in [1.165, 1.54) is 5.56 Å². The van der Waals surface area contributed by atoms with Gasteiger partial charge >= 0.3 is 5.97 Å². The van der Waals surface area contributed by atoms with Crippen molar-refractivity contribution in [2.24, 2.45) is 0 Å². The fraction of sp³-hybridized carbons (Fsp3) is 0.250. The van der Waals surface area contributed by atoms with Gasteiger partial charge in [-0.05, 0) is 60.9 Å². The molecule has 0 amide bonds. The van der Waals surface area contributed by atoms with E-state index >= 15 is 0 Å². The lowest BCUT2D eigenvalue weighted by molar-refractivity contribution is 0.0697. The van der Waals surface area contributed by atoms with Crippen molar-refractivity contribution in [1.82, 2.24) is 9.55 Å². The Balaban J connectivity index is 2.05. The Bertz CT molecular complexity index is 790. The molecule has 0 aliphatic rings. The Morgan fingerprint density at radius 1 is 1.43 bits per heavy atom. The number of hydrogen-bond acceptors (Lipinski definition) is 3. The zero-order chi connectivity index (χ0) is 15.0. The Kier molecular flexibility index (Phi) is 3.51. The Labute approximate surface area is 126 Å². The van der Waals surface area contributed by atoms with Gasteiger partial charge in [0.25, 0.3) is 0 Å². The van der Waals surface area contributed by atoms with Crippen LogP contribution in [0, 0.1) is 6.92 Å². The number of aromatic carboxylic acids is 1. The highest BCUT2D eigenvalue weighted by Gasteiger charge is 2.15. The Hall–Kier alpha value is -2.14. The summed E-state index contributed by atoms with van der Waals surface area (Å²) in [6.07, 6.45) is 0.910. The number of carboxylic acid groups (broad SMARTS) is 1. The maximum absolute atomic E-state index is 11.2. The first-order valence-corrected chi connectivity index (χ1v) is 7.73. The van der Waals surface area contributed by atoms with Gasteiger partial charge in [-0.2, -0.15) is 11.3 Å². The molecule has 0 aliphatic carbocycles. The SMILES string of the molecule is Cc1nc2ccc(C(=O)O)cc2n1C(C)Cc1ccsc1. The number of hydrogen-bond donors (Lipinski definition) is 1. The molecule has 1 N–H and O–H groups in total. The quantitative estimate of drug-likeness (QED) is 0.795. The molecule has 21 heavy (non-hydrogen) atoms. The summed E-state index contributed by atoms with van der Waals surface area (Å²) in [4.78, 5) is 15.7. The summed E-state index contributed by atoms with van der Waals surface area (Å²) < 4.78 is 2.12. The molecule has 0 fully saturated rings. The molecular formula is C16H16N2O2S. The number of rotatable bonds is 4. The molecule has 5 heteroatoms. The largest absolute Gasteiger partial charge is 0.478 e. The fourth-order valence-corrected chi connectivity index (χ4v) is 3.43. The van der Waals surface area contributed by atoms with Crippen LogP contribution in [0.1, 0.15) is 34.7 Å². The molecule has 0 aliphatic heterocycles. The maximum Gasteiger partial charge on any atom is 0.335 e. The molecule has 0 saturated carbocycles. The molecule has 0 spiro atoms. The zero-order valence-corrected chi connectivity index (χ0v) is 12.7. The zero-order valence-electron chi connectivity index (χ0n) is 11.9. The maximum atomic E-state index is 11.2. The van der Waals surface area contributed by atoms with Crippen molar-refractivity contribution in [2.75, 3.05) is 0 Å². The van der Waals surface area contributed by atoms with E-state index in [4.69, 9.17) is 5.11 Å². The first kappa shape index (κ1) is 13.8. The van der Waals surface area contributed by atoms with Crippen molar-refractivity contribution < 1.29 is 9.90 Å². The number of nitrogens with zero attached hydrogens (tertiary/aromatic N) is 2. The third-order valence-electron chi connectivity index (χ3n) is 3.66. The lowest BCUT2D eigenvalue weighted by Gasteiger charge is -2.16. The van der Waals surface area contributed by atoms with Gasteiger partial charge in [0.1, 0.15) is 5.82 Å². The standard InChI is InChI=1S/C16H16N2O2S/c1-10(7-12-5-6-21-9-12)18-11(2)17-14-4-3-13(16(19)20)8-15(14)18/h3-6,8-10H,7H2,1-2H3,(H,19,20). The van der Waals surface area contributed by atoms with Crippen molar-refractivity contribution in [3.63, 3.8) is 0 Å². The number of carbonyl (C=O) groups is 1. The molecule has 1 aromatic carbocycles. The predicted molar refractivity (Wildman–Crippen MR) is 84.2 cm³/mol. The number of aryl methyl sites for hydroxylation is 1. The highest BCUT2D eigenvalue weighted by atomic mass is 32.1. The lowest BCUT2D eigenvalue weighted by Crippen LogP contribution is -2.10. The van der Waals surface area contributed by atoms with Gasteiger partial charge in [0.2, 0.25) is 0 Å². The molecule has 0 radical (unpaired) electrons. The van der Waals surface area contributed by atoms with Crippen molar-refractivity contribution in [3.05, 3.63) is 52.0 Å². The number of imidazole rings is 1. The van der Waals surface area contributed by atoms with Crippen LogP contribution in [0.15, 0.2) is 35.0 Å². The molecule has 1 atom stereocenters. The molecule has 1 unspecified atom stereocenters. The molecule has 0 bridgehead atoms. The van der Waals surface area contributed by atoms with Gasteiger partial charge in [-0.15, -0.1) is 0 Å². The second-order valence-electron chi connectivity index (χ2n) is 5.22. The smallest absolute Gasteiger partial charge is 0.335 e. The predicted octanol–water partition coefficient (Wildman–Crippen LogP) is 3.91. The van der Waals surface area contributed by atoms with Gasteiger partial charge in [-0.25, -0.2) is 9.78 Å². The molecule has 3 aromatic rings. The first-order chi connectivity index (χ1) is 10.1. The Morgan fingerprint density at radius 3 is 2.90 bits per heavy atom. The van der Waals surface area contributed by atoms with Crippen molar-refractivity contribution in [2.45, 2.75) is 26.3 Å². The monoisotopic (exact) mass is 300 g/mol. The van der Waals surface area contributed by atoms with E-state index in [0.717, 1.165) is 23.3 Å². The number of benzene rings is 1. The van der Waals surface area contributed by atoms with Crippen LogP contribution in [0.3, 0.4) is 0 Å². The fourth-order valence-electron chi connectivity index (χ4n) is 2.74. The third-order valence-corrected chi connectivity index (χ3v) is 4.40. The van der Waals surface area contributed by atoms with Gasteiger partial charge in [0.05, 0.1) is 16.6 Å². The topological polar surface area (TPSA) is 55.1 Å². The van der Waals surface area contributed by atoms with Gasteiger partial charge in [0.15, 0.2) is 0 Å². The average Bonchev–Trinajstić information content (AvgIpc) is 3.03. The summed E-state index contributed by atoms with van der Waals surface area (Å²) in [6, 6.07) is 7.44. The molecule has 3 rings (SSSR count). The third kappa shape index (κ3) is 2.56. The van der Waals surface area contributed by atoms with Crippen LogP contribution in [0.2, 0.25) is 0 Å². The highest BCUT2D eigenvalue weighted by Crippen LogP contribution is 2.25. The molecular weight excluding hydrogens is 284 g/mol. The van der Waals surface area contributed by atoms with E-state index in [-0.39, 0.29) is 6.04 Å². The van der Waals surface area contributed by atoms with Crippen LogP contribution in [0.25, 0.3) is 11.0 Å². The van der Waals surface area contributed by atoms with Crippen LogP contribution >= 0.6 is 11.3 Å². The summed E-state index contributed by atoms with van der Waals surface area (Å²) in [6.45, 7) is 4.10. The highest BCUT2D eigenvalue weighted by molar-refractivity contribution is 7.07. The second kappa shape index (κ2) is 5.33.